The van der Waals surface area contributed by atoms with Crippen molar-refractivity contribution in [2.75, 3.05) is 26.2 Å². The number of aliphatic hydroxyl groups is 2. The molecule has 0 fully saturated rings. The van der Waals surface area contributed by atoms with Crippen LogP contribution in [0.3, 0.4) is 0 Å². The Labute approximate surface area is 109 Å². The highest BCUT2D eigenvalue weighted by Gasteiger charge is 2.04. The van der Waals surface area contributed by atoms with Gasteiger partial charge in [-0.25, -0.2) is 0 Å². The maximum absolute atomic E-state index is 9.37. The van der Waals surface area contributed by atoms with Gasteiger partial charge in [0.25, 0.3) is 0 Å². The van der Waals surface area contributed by atoms with Crippen LogP contribution in [0.5, 0.6) is 0 Å². The minimum Gasteiger partial charge on any atom is -0.395 e. The van der Waals surface area contributed by atoms with Gasteiger partial charge in [-0.05, 0) is 12.7 Å². The molecular weight excluding hydrogens is 180 g/mol. The van der Waals surface area contributed by atoms with Crippen molar-refractivity contribution in [3.8, 4) is 0 Å². The Bertz CT molecular complexity index is 552. The predicted molar refractivity (Wildman–Crippen MR) is 58.3 cm³/mol. The molecule has 0 saturated carbocycles. The zero-order valence-corrected chi connectivity index (χ0v) is 7.31. The van der Waals surface area contributed by atoms with Crippen molar-refractivity contribution in [1.82, 2.24) is 10.6 Å². The molecule has 0 heterocycles. The van der Waals surface area contributed by atoms with E-state index in [-0.39, 0.29) is 0 Å². The SMILES string of the molecule is [2H]C([2H])([2H])C([2H])([2H])[C@]([2H])(CO)NC([2H])([2H])C([2H])([2H])N[C@@]([2H])(CO)C([2H])([2H])C([2H])([2H])[2H]. The van der Waals surface area contributed by atoms with E-state index in [0.717, 1.165) is 0 Å². The summed E-state index contributed by atoms with van der Waals surface area (Å²) in [6.45, 7) is -17.8. The quantitative estimate of drug-likeness (QED) is 0.431. The molecule has 0 rings (SSSR count). The lowest BCUT2D eigenvalue weighted by Crippen LogP contribution is -2.40. The van der Waals surface area contributed by atoms with Gasteiger partial charge < -0.3 is 20.8 Å². The maximum Gasteiger partial charge on any atom is 0.0584 e. The summed E-state index contributed by atoms with van der Waals surface area (Å²) in [5.74, 6) is 0. The summed E-state index contributed by atoms with van der Waals surface area (Å²) in [5, 5.41) is 21.5. The molecule has 4 N–H and O–H groups in total. The molecule has 0 amide bonds. The van der Waals surface area contributed by atoms with Crippen LogP contribution < -0.4 is 10.6 Å². The van der Waals surface area contributed by atoms with Gasteiger partial charge in [-0.1, -0.05) is 13.7 Å². The first kappa shape index (κ1) is 2.74. The Balaban J connectivity index is 6.20. The van der Waals surface area contributed by atoms with Crippen LogP contribution in [0, 0.1) is 0 Å². The van der Waals surface area contributed by atoms with Gasteiger partial charge in [-0.15, -0.1) is 0 Å². The third-order valence-electron chi connectivity index (χ3n) is 1.11. The monoisotopic (exact) mass is 220 g/mol. The van der Waals surface area contributed by atoms with Gasteiger partial charge in [-0.3, -0.25) is 0 Å². The third-order valence-corrected chi connectivity index (χ3v) is 1.11. The van der Waals surface area contributed by atoms with E-state index in [1.807, 2.05) is 0 Å². The molecule has 0 aromatic heterocycles. The molecule has 0 aliphatic carbocycles. The lowest BCUT2D eigenvalue weighted by atomic mass is 10.2. The second-order valence-corrected chi connectivity index (χ2v) is 2.02. The zero-order valence-electron chi connectivity index (χ0n) is 23.3. The first-order valence-corrected chi connectivity index (χ1v) is 3.59. The third kappa shape index (κ3) is 6.32. The highest BCUT2D eigenvalue weighted by molar-refractivity contribution is 4.67. The Morgan fingerprint density at radius 2 is 1.57 bits per heavy atom. The van der Waals surface area contributed by atoms with Crippen molar-refractivity contribution in [3.63, 3.8) is 0 Å². The topological polar surface area (TPSA) is 64.5 Å². The number of aliphatic hydroxyl groups excluding tert-OH is 2. The fourth-order valence-corrected chi connectivity index (χ4v) is 0.434. The van der Waals surface area contributed by atoms with E-state index in [1.165, 1.54) is 10.6 Å². The first-order valence-electron chi connectivity index (χ1n) is 11.6. The predicted octanol–water partition coefficient (Wildman–Crippen LogP) is -0.293. The average molecular weight is 220 g/mol. The molecule has 0 aliphatic heterocycles. The van der Waals surface area contributed by atoms with Crippen LogP contribution in [-0.2, 0) is 0 Å². The lowest BCUT2D eigenvalue weighted by Gasteiger charge is -2.17. The molecule has 4 nitrogen and oxygen atoms in total. The van der Waals surface area contributed by atoms with Crippen molar-refractivity contribution in [1.29, 1.82) is 0 Å². The van der Waals surface area contributed by atoms with E-state index in [4.69, 9.17) is 21.9 Å². The van der Waals surface area contributed by atoms with Crippen LogP contribution in [0.4, 0.5) is 0 Å². The molecule has 0 aliphatic rings. The molecule has 2 atom stereocenters. The second-order valence-electron chi connectivity index (χ2n) is 2.02. The first-order chi connectivity index (χ1) is 12.8. The van der Waals surface area contributed by atoms with Gasteiger partial charge in [0.1, 0.15) is 0 Å². The van der Waals surface area contributed by atoms with Gasteiger partial charge in [0.05, 0.1) is 13.2 Å². The van der Waals surface area contributed by atoms with Crippen molar-refractivity contribution >= 4 is 0 Å². The van der Waals surface area contributed by atoms with Crippen LogP contribution in [-0.4, -0.2) is 48.5 Å². The molecule has 0 saturated heterocycles. The molecule has 14 heavy (non-hydrogen) atoms. The molecule has 86 valence electrons. The summed E-state index contributed by atoms with van der Waals surface area (Å²) in [6.07, 6.45) is -7.25. The standard InChI is InChI=1S/C10H24N2O2/c1-3-9(7-13)11-5-6-12-10(4-2)8-14/h9-14H,3-8H2,1-2H3/t9-,10-/m1/s1/i1D3,2D3,3D2,4D2,5D2,6D2,9D,10D. The van der Waals surface area contributed by atoms with E-state index in [0.29, 0.717) is 0 Å². The fourth-order valence-electron chi connectivity index (χ4n) is 0.434. The van der Waals surface area contributed by atoms with E-state index in [1.54, 1.807) is 0 Å². The van der Waals surface area contributed by atoms with Crippen LogP contribution in [0.25, 0.3) is 0 Å². The van der Waals surface area contributed by atoms with Crippen LogP contribution in [0.15, 0.2) is 0 Å². The van der Waals surface area contributed by atoms with Crippen LogP contribution in [0.1, 0.15) is 48.4 Å². The van der Waals surface area contributed by atoms with Crippen molar-refractivity contribution in [3.05, 3.63) is 0 Å². The number of hydrogen-bond acceptors (Lipinski definition) is 4. The van der Waals surface area contributed by atoms with E-state index < -0.39 is 64.7 Å². The van der Waals surface area contributed by atoms with Crippen molar-refractivity contribution in [2.24, 2.45) is 0 Å². The van der Waals surface area contributed by atoms with E-state index in [2.05, 4.69) is 0 Å². The molecule has 0 spiro atoms. The maximum atomic E-state index is 9.37. The Morgan fingerprint density at radius 1 is 1.14 bits per heavy atom. The van der Waals surface area contributed by atoms with E-state index in [9.17, 15) is 10.2 Å². The van der Waals surface area contributed by atoms with Crippen molar-refractivity contribution < 1.29 is 32.1 Å². The van der Waals surface area contributed by atoms with E-state index >= 15 is 0 Å². The highest BCUT2D eigenvalue weighted by Crippen LogP contribution is 1.89. The summed E-state index contributed by atoms with van der Waals surface area (Å²) in [4.78, 5) is 0. The average Bonchev–Trinajstić information content (AvgIpc) is 2.51. The Kier molecular flexibility index (Phi) is 1.84. The lowest BCUT2D eigenvalue weighted by molar-refractivity contribution is 0.229. The van der Waals surface area contributed by atoms with Gasteiger partial charge in [-0.2, -0.15) is 0 Å². The minimum absolute atomic E-state index is 1.39. The minimum atomic E-state index is -3.69. The highest BCUT2D eigenvalue weighted by atomic mass is 16.3. The Morgan fingerprint density at radius 3 is 1.86 bits per heavy atom. The second kappa shape index (κ2) is 9.40. The molecule has 4 heteroatoms. The van der Waals surface area contributed by atoms with Gasteiger partial charge in [0.15, 0.2) is 0 Å². The van der Waals surface area contributed by atoms with Gasteiger partial charge in [0.2, 0.25) is 0 Å². The fraction of sp³-hybridized carbons (Fsp3) is 1.00. The van der Waals surface area contributed by atoms with Crippen LogP contribution in [0.2, 0.25) is 0 Å². The molecule has 0 unspecified atom stereocenters. The number of rotatable bonds is 9. The zero-order chi connectivity index (χ0) is 24.8. The molecule has 0 radical (unpaired) electrons. The summed E-state index contributed by atoms with van der Waals surface area (Å²) in [6, 6.07) is -6.71. The largest absolute Gasteiger partial charge is 0.395 e. The van der Waals surface area contributed by atoms with Gasteiger partial charge in [0, 0.05) is 47.0 Å². The molecule has 0 bridgehead atoms. The van der Waals surface area contributed by atoms with Gasteiger partial charge >= 0.3 is 0 Å². The smallest absolute Gasteiger partial charge is 0.0584 e. The summed E-state index contributed by atoms with van der Waals surface area (Å²) >= 11 is 0. The number of nitrogens with one attached hydrogen (secondary N) is 2. The summed E-state index contributed by atoms with van der Waals surface area (Å²) < 4.78 is 120. The number of hydrogen-bond donors (Lipinski definition) is 4. The molecular formula is C10H24N2O2. The summed E-state index contributed by atoms with van der Waals surface area (Å²) in [7, 11) is 0. The van der Waals surface area contributed by atoms with Crippen LogP contribution >= 0.6 is 0 Å². The molecule has 0 aromatic rings. The van der Waals surface area contributed by atoms with Crippen molar-refractivity contribution in [2.45, 2.75) is 38.5 Å². The Hall–Kier alpha value is -0.160. The molecule has 0 aromatic carbocycles. The normalized spacial score (nSPS) is 42.7. The summed E-state index contributed by atoms with van der Waals surface area (Å²) in [5.41, 5.74) is 0.